The first-order chi connectivity index (χ1) is 8.41. The molecule has 4 nitrogen and oxygen atoms in total. The molecule has 0 N–H and O–H groups in total. The van der Waals surface area contributed by atoms with E-state index in [1.54, 1.807) is 6.92 Å². The molecule has 0 atom stereocenters. The zero-order valence-corrected chi connectivity index (χ0v) is 12.6. The summed E-state index contributed by atoms with van der Waals surface area (Å²) in [6.45, 7) is 16.7. The molecule has 0 spiro atoms. The van der Waals surface area contributed by atoms with Crippen molar-refractivity contribution in [3.8, 4) is 0 Å². The van der Waals surface area contributed by atoms with Gasteiger partial charge in [0.05, 0.1) is 0 Å². The van der Waals surface area contributed by atoms with E-state index < -0.39 is 0 Å². The Morgan fingerprint density at radius 2 is 1.56 bits per heavy atom. The van der Waals surface area contributed by atoms with E-state index in [0.717, 1.165) is 39.3 Å². The van der Waals surface area contributed by atoms with Crippen molar-refractivity contribution in [2.75, 3.05) is 39.3 Å². The first kappa shape index (κ1) is 15.4. The van der Waals surface area contributed by atoms with Crippen LogP contribution in [0, 0.1) is 0 Å². The van der Waals surface area contributed by atoms with Crippen molar-refractivity contribution in [2.24, 2.45) is 0 Å². The van der Waals surface area contributed by atoms with E-state index in [0.29, 0.717) is 12.1 Å². The van der Waals surface area contributed by atoms with Gasteiger partial charge in [0.1, 0.15) is 0 Å². The minimum atomic E-state index is 0.209. The van der Waals surface area contributed by atoms with Gasteiger partial charge in [-0.3, -0.25) is 14.6 Å². The second-order valence-corrected chi connectivity index (χ2v) is 5.77. The van der Waals surface area contributed by atoms with E-state index in [9.17, 15) is 4.79 Å². The van der Waals surface area contributed by atoms with Gasteiger partial charge in [-0.1, -0.05) is 0 Å². The van der Waals surface area contributed by atoms with Crippen molar-refractivity contribution >= 4 is 5.91 Å². The molecule has 1 aliphatic heterocycles. The van der Waals surface area contributed by atoms with Gasteiger partial charge in [0.15, 0.2) is 0 Å². The maximum Gasteiger partial charge on any atom is 0.219 e. The maximum atomic E-state index is 11.2. The Morgan fingerprint density at radius 1 is 1.06 bits per heavy atom. The van der Waals surface area contributed by atoms with Crippen LogP contribution in [-0.4, -0.2) is 72.0 Å². The molecule has 1 heterocycles. The largest absolute Gasteiger partial charge is 0.340 e. The van der Waals surface area contributed by atoms with E-state index >= 15 is 0 Å². The van der Waals surface area contributed by atoms with Crippen molar-refractivity contribution in [1.82, 2.24) is 14.7 Å². The highest BCUT2D eigenvalue weighted by Gasteiger charge is 2.20. The third kappa shape index (κ3) is 4.58. The van der Waals surface area contributed by atoms with Crippen LogP contribution in [0.4, 0.5) is 0 Å². The molecule has 0 unspecified atom stereocenters. The third-order valence-electron chi connectivity index (χ3n) is 3.82. The molecule has 18 heavy (non-hydrogen) atoms. The topological polar surface area (TPSA) is 26.8 Å². The number of nitrogens with zero attached hydrogens (tertiary/aromatic N) is 3. The Labute approximate surface area is 112 Å². The first-order valence-corrected chi connectivity index (χ1v) is 7.15. The molecule has 106 valence electrons. The summed E-state index contributed by atoms with van der Waals surface area (Å²) >= 11 is 0. The Balaban J connectivity index is 2.30. The van der Waals surface area contributed by atoms with E-state index in [-0.39, 0.29) is 5.91 Å². The second-order valence-electron chi connectivity index (χ2n) is 5.77. The molecular weight excluding hydrogens is 226 g/mol. The number of carbonyl (C=O) groups is 1. The Bertz CT molecular complexity index is 250. The van der Waals surface area contributed by atoms with Gasteiger partial charge < -0.3 is 4.90 Å². The predicted molar refractivity (Wildman–Crippen MR) is 75.7 cm³/mol. The van der Waals surface area contributed by atoms with Gasteiger partial charge in [-0.2, -0.15) is 0 Å². The first-order valence-electron chi connectivity index (χ1n) is 7.15. The summed E-state index contributed by atoms with van der Waals surface area (Å²) in [7, 11) is 0. The molecule has 0 aromatic heterocycles. The summed E-state index contributed by atoms with van der Waals surface area (Å²) in [5.74, 6) is 0.209. The minimum Gasteiger partial charge on any atom is -0.340 e. The maximum absolute atomic E-state index is 11.2. The minimum absolute atomic E-state index is 0.209. The normalized spacial score (nSPS) is 18.1. The van der Waals surface area contributed by atoms with Crippen LogP contribution in [-0.2, 0) is 4.79 Å². The molecule has 1 saturated heterocycles. The van der Waals surface area contributed by atoms with Crippen molar-refractivity contribution in [3.63, 3.8) is 0 Å². The van der Waals surface area contributed by atoms with Gasteiger partial charge in [-0.05, 0) is 27.7 Å². The summed E-state index contributed by atoms with van der Waals surface area (Å²) < 4.78 is 0. The van der Waals surface area contributed by atoms with Crippen LogP contribution in [0.5, 0.6) is 0 Å². The highest BCUT2D eigenvalue weighted by atomic mass is 16.2. The summed E-state index contributed by atoms with van der Waals surface area (Å²) in [5, 5.41) is 0. The van der Waals surface area contributed by atoms with Crippen LogP contribution in [0.25, 0.3) is 0 Å². The van der Waals surface area contributed by atoms with E-state index in [1.807, 2.05) is 4.90 Å². The fraction of sp³-hybridized carbons (Fsp3) is 0.929. The van der Waals surface area contributed by atoms with E-state index in [2.05, 4.69) is 37.5 Å². The lowest BCUT2D eigenvalue weighted by Crippen LogP contribution is -2.50. The lowest BCUT2D eigenvalue weighted by molar-refractivity contribution is -0.130. The smallest absolute Gasteiger partial charge is 0.219 e. The van der Waals surface area contributed by atoms with Crippen LogP contribution in [0.1, 0.15) is 34.6 Å². The molecule has 1 aliphatic rings. The van der Waals surface area contributed by atoms with E-state index in [1.165, 1.54) is 0 Å². The fourth-order valence-electron chi connectivity index (χ4n) is 2.66. The van der Waals surface area contributed by atoms with Crippen molar-refractivity contribution in [2.45, 2.75) is 46.7 Å². The highest BCUT2D eigenvalue weighted by Crippen LogP contribution is 2.07. The zero-order valence-electron chi connectivity index (χ0n) is 12.6. The fourth-order valence-corrected chi connectivity index (χ4v) is 2.66. The summed E-state index contributed by atoms with van der Waals surface area (Å²) in [6.07, 6.45) is 0. The molecule has 1 amide bonds. The number of amides is 1. The van der Waals surface area contributed by atoms with E-state index in [4.69, 9.17) is 0 Å². The van der Waals surface area contributed by atoms with Gasteiger partial charge in [0.2, 0.25) is 5.91 Å². The molecule has 0 radical (unpaired) electrons. The molecule has 0 saturated carbocycles. The third-order valence-corrected chi connectivity index (χ3v) is 3.82. The number of hydrogen-bond donors (Lipinski definition) is 0. The van der Waals surface area contributed by atoms with Gasteiger partial charge in [0, 0.05) is 58.3 Å². The Hall–Kier alpha value is -0.610. The average molecular weight is 255 g/mol. The highest BCUT2D eigenvalue weighted by molar-refractivity contribution is 5.73. The standard InChI is InChI=1S/C14H29N3O/c1-12(2)17(13(3)4)11-8-15-6-9-16(10-7-15)14(5)18/h12-13H,6-11H2,1-5H3. The predicted octanol–water partition coefficient (Wildman–Crippen LogP) is 1.27. The van der Waals surface area contributed by atoms with Crippen molar-refractivity contribution < 1.29 is 4.79 Å². The molecule has 0 aliphatic carbocycles. The Kier molecular flexibility index (Phi) is 6.09. The average Bonchev–Trinajstić information content (AvgIpc) is 2.28. The summed E-state index contributed by atoms with van der Waals surface area (Å²) in [4.78, 5) is 18.2. The lowest BCUT2D eigenvalue weighted by atomic mass is 10.2. The quantitative estimate of drug-likeness (QED) is 0.740. The van der Waals surface area contributed by atoms with Crippen LogP contribution in [0.2, 0.25) is 0 Å². The van der Waals surface area contributed by atoms with Crippen LogP contribution >= 0.6 is 0 Å². The molecule has 0 aromatic rings. The van der Waals surface area contributed by atoms with Gasteiger partial charge >= 0.3 is 0 Å². The van der Waals surface area contributed by atoms with Gasteiger partial charge in [-0.25, -0.2) is 0 Å². The van der Waals surface area contributed by atoms with Crippen LogP contribution in [0.3, 0.4) is 0 Å². The summed E-state index contributed by atoms with van der Waals surface area (Å²) in [6, 6.07) is 1.20. The molecule has 0 bridgehead atoms. The zero-order chi connectivity index (χ0) is 13.7. The Morgan fingerprint density at radius 3 is 1.94 bits per heavy atom. The van der Waals surface area contributed by atoms with Crippen LogP contribution < -0.4 is 0 Å². The number of piperazine rings is 1. The van der Waals surface area contributed by atoms with Gasteiger partial charge in [-0.15, -0.1) is 0 Å². The molecule has 4 heteroatoms. The van der Waals surface area contributed by atoms with Gasteiger partial charge in [0.25, 0.3) is 0 Å². The number of carbonyl (C=O) groups excluding carboxylic acids is 1. The monoisotopic (exact) mass is 255 g/mol. The molecule has 1 fully saturated rings. The second kappa shape index (κ2) is 7.10. The summed E-state index contributed by atoms with van der Waals surface area (Å²) in [5.41, 5.74) is 0. The van der Waals surface area contributed by atoms with Crippen LogP contribution in [0.15, 0.2) is 0 Å². The number of hydrogen-bond acceptors (Lipinski definition) is 3. The SMILES string of the molecule is CC(=O)N1CCN(CCN(C(C)C)C(C)C)CC1. The molecule has 1 rings (SSSR count). The molecular formula is C14H29N3O. The van der Waals surface area contributed by atoms with Crippen molar-refractivity contribution in [1.29, 1.82) is 0 Å². The van der Waals surface area contributed by atoms with Crippen molar-refractivity contribution in [3.05, 3.63) is 0 Å². The number of rotatable bonds is 5. The lowest BCUT2D eigenvalue weighted by Gasteiger charge is -2.37. The molecule has 0 aromatic carbocycles.